The monoisotopic (exact) mass is 434 g/mol. The molecule has 0 spiro atoms. The smallest absolute Gasteiger partial charge is 0.303 e. The molecular weight excluding hydrogens is 404 g/mol. The first-order chi connectivity index (χ1) is 15.3. The van der Waals surface area contributed by atoms with Crippen LogP contribution in [0.3, 0.4) is 0 Å². The fourth-order valence-electron chi connectivity index (χ4n) is 3.55. The molecule has 1 aromatic heterocycles. The van der Waals surface area contributed by atoms with E-state index in [1.54, 1.807) is 18.2 Å². The van der Waals surface area contributed by atoms with Crippen LogP contribution in [0.1, 0.15) is 39.2 Å². The van der Waals surface area contributed by atoms with Crippen LogP contribution in [0, 0.1) is 5.92 Å². The Bertz CT molecular complexity index is 1130. The number of rotatable bonds is 10. The van der Waals surface area contributed by atoms with Crippen LogP contribution in [-0.4, -0.2) is 28.2 Å². The number of allylic oxidation sites excluding steroid dienone is 1. The van der Waals surface area contributed by atoms with Crippen molar-refractivity contribution >= 4 is 34.0 Å². The molecule has 0 aliphatic heterocycles. The largest absolute Gasteiger partial charge is 0.491 e. The van der Waals surface area contributed by atoms with Crippen LogP contribution >= 0.6 is 0 Å². The highest BCUT2D eigenvalue weighted by molar-refractivity contribution is 6.04. The van der Waals surface area contributed by atoms with Crippen molar-refractivity contribution in [2.24, 2.45) is 5.92 Å². The second-order valence-electron chi connectivity index (χ2n) is 8.29. The number of carboxylic acids is 1. The number of amides is 1. The summed E-state index contributed by atoms with van der Waals surface area (Å²) in [5.74, 6) is -0.0168. The summed E-state index contributed by atoms with van der Waals surface area (Å²) in [6.07, 6.45) is 4.13. The van der Waals surface area contributed by atoms with Crippen LogP contribution < -0.4 is 10.1 Å². The number of nitrogens with one attached hydrogen (secondary N) is 1. The molecule has 0 saturated heterocycles. The van der Waals surface area contributed by atoms with Gasteiger partial charge in [0.25, 0.3) is 0 Å². The van der Waals surface area contributed by atoms with Gasteiger partial charge in [0.15, 0.2) is 0 Å². The van der Waals surface area contributed by atoms with Gasteiger partial charge in [-0.2, -0.15) is 0 Å². The number of benzene rings is 2. The van der Waals surface area contributed by atoms with Gasteiger partial charge >= 0.3 is 5.97 Å². The van der Waals surface area contributed by atoms with Gasteiger partial charge < -0.3 is 19.7 Å². The fourth-order valence-corrected chi connectivity index (χ4v) is 3.55. The zero-order chi connectivity index (χ0) is 23.1. The van der Waals surface area contributed by atoms with Crippen LogP contribution in [0.2, 0.25) is 0 Å². The number of carbonyl (C=O) groups excluding carboxylic acids is 1. The topological polar surface area (TPSA) is 80.6 Å². The molecule has 1 amide bonds. The Labute approximate surface area is 188 Å². The van der Waals surface area contributed by atoms with Crippen molar-refractivity contribution in [2.45, 2.75) is 40.2 Å². The average molecular weight is 435 g/mol. The van der Waals surface area contributed by atoms with Gasteiger partial charge in [-0.15, -0.1) is 0 Å². The number of anilines is 1. The van der Waals surface area contributed by atoms with Crippen LogP contribution in [0.25, 0.3) is 16.5 Å². The molecule has 32 heavy (non-hydrogen) atoms. The molecule has 0 aliphatic carbocycles. The summed E-state index contributed by atoms with van der Waals surface area (Å²) < 4.78 is 7.91. The molecule has 0 unspecified atom stereocenters. The normalized spacial score (nSPS) is 11.7. The van der Waals surface area contributed by atoms with E-state index >= 15 is 0 Å². The molecule has 3 rings (SSSR count). The number of fused-ring (bicyclic) bond motifs is 1. The van der Waals surface area contributed by atoms with E-state index in [0.717, 1.165) is 23.1 Å². The zero-order valence-corrected chi connectivity index (χ0v) is 18.8. The molecule has 0 saturated carbocycles. The Morgan fingerprint density at radius 1 is 1.16 bits per heavy atom. The first kappa shape index (κ1) is 23.1. The van der Waals surface area contributed by atoms with Gasteiger partial charge in [-0.05, 0) is 60.7 Å². The summed E-state index contributed by atoms with van der Waals surface area (Å²) in [5, 5.41) is 12.7. The quantitative estimate of drug-likeness (QED) is 0.322. The number of carbonyl (C=O) groups is 2. The third kappa shape index (κ3) is 6.23. The van der Waals surface area contributed by atoms with Crippen molar-refractivity contribution in [3.8, 4) is 5.75 Å². The van der Waals surface area contributed by atoms with Crippen molar-refractivity contribution < 1.29 is 19.4 Å². The lowest BCUT2D eigenvalue weighted by molar-refractivity contribution is -0.137. The van der Waals surface area contributed by atoms with E-state index in [4.69, 9.17) is 9.84 Å². The molecule has 0 radical (unpaired) electrons. The number of para-hydroxylation sites is 2. The molecule has 168 valence electrons. The molecule has 0 fully saturated rings. The maximum Gasteiger partial charge on any atom is 0.303 e. The minimum Gasteiger partial charge on any atom is -0.491 e. The number of ether oxygens (including phenoxy) is 1. The van der Waals surface area contributed by atoms with Crippen LogP contribution in [0.5, 0.6) is 5.75 Å². The minimum absolute atomic E-state index is 0.0433. The van der Waals surface area contributed by atoms with Gasteiger partial charge in [-0.1, -0.05) is 32.0 Å². The fraction of sp³-hybridized carbons (Fsp3) is 0.308. The summed E-state index contributed by atoms with van der Waals surface area (Å²) in [7, 11) is 0. The third-order valence-corrected chi connectivity index (χ3v) is 5.07. The highest BCUT2D eigenvalue weighted by Crippen LogP contribution is 2.26. The standard InChI is InChI=1S/C26H30N2O4/c1-18(2)17-28-13-12-21-16-20(10-11-23(21)28)19(3)15-25(29)27-22-7-4-5-8-24(22)32-14-6-9-26(30)31/h4-5,7-8,10-13,15-16,18H,6,9,14,17H2,1-3H3,(H,27,29)(H,30,31). The van der Waals surface area contributed by atoms with E-state index in [-0.39, 0.29) is 18.9 Å². The maximum absolute atomic E-state index is 12.6. The van der Waals surface area contributed by atoms with Crippen molar-refractivity contribution in [1.82, 2.24) is 4.57 Å². The highest BCUT2D eigenvalue weighted by Gasteiger charge is 2.09. The van der Waals surface area contributed by atoms with Crippen molar-refractivity contribution in [3.05, 3.63) is 66.4 Å². The number of hydrogen-bond donors (Lipinski definition) is 2. The van der Waals surface area contributed by atoms with Crippen molar-refractivity contribution in [3.63, 3.8) is 0 Å². The van der Waals surface area contributed by atoms with Gasteiger partial charge in [0, 0.05) is 36.1 Å². The van der Waals surface area contributed by atoms with E-state index in [0.29, 0.717) is 23.8 Å². The molecule has 2 aromatic carbocycles. The first-order valence-corrected chi connectivity index (χ1v) is 10.9. The second-order valence-corrected chi connectivity index (χ2v) is 8.29. The summed E-state index contributed by atoms with van der Waals surface area (Å²) in [6.45, 7) is 7.55. The molecule has 6 heteroatoms. The average Bonchev–Trinajstić information content (AvgIpc) is 3.13. The summed E-state index contributed by atoms with van der Waals surface area (Å²) in [4.78, 5) is 23.3. The summed E-state index contributed by atoms with van der Waals surface area (Å²) in [5.41, 5.74) is 3.60. The molecule has 0 atom stereocenters. The molecule has 1 heterocycles. The van der Waals surface area contributed by atoms with Crippen molar-refractivity contribution in [2.75, 3.05) is 11.9 Å². The third-order valence-electron chi connectivity index (χ3n) is 5.07. The van der Waals surface area contributed by atoms with Gasteiger partial charge in [0.2, 0.25) is 5.91 Å². The first-order valence-electron chi connectivity index (χ1n) is 10.9. The summed E-state index contributed by atoms with van der Waals surface area (Å²) >= 11 is 0. The van der Waals surface area contributed by atoms with Crippen LogP contribution in [-0.2, 0) is 16.1 Å². The lowest BCUT2D eigenvalue weighted by Crippen LogP contribution is -2.11. The lowest BCUT2D eigenvalue weighted by Gasteiger charge is -2.12. The Morgan fingerprint density at radius 3 is 2.69 bits per heavy atom. The van der Waals surface area contributed by atoms with Crippen LogP contribution in [0.15, 0.2) is 60.8 Å². The molecule has 2 N–H and O–H groups in total. The molecule has 0 bridgehead atoms. The molecule has 6 nitrogen and oxygen atoms in total. The molecule has 3 aromatic rings. The van der Waals surface area contributed by atoms with Gasteiger partial charge in [0.1, 0.15) is 5.75 Å². The Kier molecular flexibility index (Phi) is 7.71. The number of aromatic nitrogens is 1. The predicted octanol–water partition coefficient (Wildman–Crippen LogP) is 5.58. The number of hydrogen-bond acceptors (Lipinski definition) is 3. The highest BCUT2D eigenvalue weighted by atomic mass is 16.5. The second kappa shape index (κ2) is 10.7. The van der Waals surface area contributed by atoms with Gasteiger partial charge in [-0.3, -0.25) is 9.59 Å². The minimum atomic E-state index is -0.856. The van der Waals surface area contributed by atoms with E-state index < -0.39 is 5.97 Å². The Hall–Kier alpha value is -3.54. The predicted molar refractivity (Wildman–Crippen MR) is 128 cm³/mol. The van der Waals surface area contributed by atoms with E-state index in [9.17, 15) is 9.59 Å². The molecule has 0 aliphatic rings. The van der Waals surface area contributed by atoms with E-state index in [1.165, 1.54) is 5.52 Å². The van der Waals surface area contributed by atoms with Crippen LogP contribution in [0.4, 0.5) is 5.69 Å². The SMILES string of the molecule is CC(=CC(=O)Nc1ccccc1OCCCC(=O)O)c1ccc2c(ccn2CC(C)C)c1. The lowest BCUT2D eigenvalue weighted by atomic mass is 10.0. The number of carboxylic acid groups (broad SMARTS) is 1. The maximum atomic E-state index is 12.6. The Balaban J connectivity index is 1.68. The number of aliphatic carboxylic acids is 1. The summed E-state index contributed by atoms with van der Waals surface area (Å²) in [6, 6.07) is 15.5. The van der Waals surface area contributed by atoms with Gasteiger partial charge in [-0.25, -0.2) is 0 Å². The molecular formula is C26H30N2O4. The van der Waals surface area contributed by atoms with E-state index in [2.05, 4.69) is 48.1 Å². The zero-order valence-electron chi connectivity index (χ0n) is 18.8. The van der Waals surface area contributed by atoms with E-state index in [1.807, 2.05) is 25.1 Å². The number of nitrogens with zero attached hydrogens (tertiary/aromatic N) is 1. The Morgan fingerprint density at radius 2 is 1.94 bits per heavy atom. The van der Waals surface area contributed by atoms with Crippen molar-refractivity contribution in [1.29, 1.82) is 0 Å². The van der Waals surface area contributed by atoms with Gasteiger partial charge in [0.05, 0.1) is 12.3 Å².